The molecule has 0 aromatic heterocycles. The summed E-state index contributed by atoms with van der Waals surface area (Å²) in [4.78, 5) is 16.2. The van der Waals surface area contributed by atoms with E-state index in [1.165, 1.54) is 7.11 Å². The molecule has 0 saturated heterocycles. The molecule has 0 saturated carbocycles. The van der Waals surface area contributed by atoms with Crippen molar-refractivity contribution in [1.29, 1.82) is 0 Å². The molecule has 0 bridgehead atoms. The summed E-state index contributed by atoms with van der Waals surface area (Å²) < 4.78 is 5.06. The number of nitrogens with one attached hydrogen (secondary N) is 1. The summed E-state index contributed by atoms with van der Waals surface area (Å²) in [7, 11) is 2.97. The number of amides is 1. The summed E-state index contributed by atoms with van der Waals surface area (Å²) in [6, 6.07) is 5.42. The second-order valence-corrected chi connectivity index (χ2v) is 3.01. The van der Waals surface area contributed by atoms with Crippen molar-refractivity contribution in [1.82, 2.24) is 5.48 Å². The van der Waals surface area contributed by atoms with Gasteiger partial charge in [0.25, 0.3) is 5.91 Å². The standard InChI is InChI=1S/C11H15NO3/c1-4-8-5-6-9(14-2)7-10(8)11(13)12-15-3/h5-7H,4H2,1-3H3,(H,12,13). The molecule has 0 aliphatic rings. The molecule has 0 fully saturated rings. The summed E-state index contributed by atoms with van der Waals surface area (Å²) in [6.07, 6.45) is 0.788. The van der Waals surface area contributed by atoms with E-state index in [0.29, 0.717) is 11.3 Å². The van der Waals surface area contributed by atoms with Gasteiger partial charge in [0.1, 0.15) is 5.75 Å². The minimum atomic E-state index is -0.256. The van der Waals surface area contributed by atoms with Crippen LogP contribution >= 0.6 is 0 Å². The zero-order valence-electron chi connectivity index (χ0n) is 9.16. The van der Waals surface area contributed by atoms with Crippen LogP contribution in [0.2, 0.25) is 0 Å². The molecule has 4 nitrogen and oxygen atoms in total. The Morgan fingerprint density at radius 1 is 1.40 bits per heavy atom. The van der Waals surface area contributed by atoms with Gasteiger partial charge in [0.15, 0.2) is 0 Å². The van der Waals surface area contributed by atoms with E-state index >= 15 is 0 Å². The predicted octanol–water partition coefficient (Wildman–Crippen LogP) is 1.55. The molecule has 0 spiro atoms. The number of carbonyl (C=O) groups is 1. The third-order valence-corrected chi connectivity index (χ3v) is 2.14. The Morgan fingerprint density at radius 2 is 2.13 bits per heavy atom. The molecule has 0 aliphatic heterocycles. The number of hydroxylamine groups is 1. The molecule has 15 heavy (non-hydrogen) atoms. The zero-order valence-corrected chi connectivity index (χ0v) is 9.16. The first-order chi connectivity index (χ1) is 7.22. The average Bonchev–Trinajstić information content (AvgIpc) is 2.28. The molecule has 0 aliphatic carbocycles. The maximum Gasteiger partial charge on any atom is 0.275 e. The van der Waals surface area contributed by atoms with E-state index in [2.05, 4.69) is 10.3 Å². The van der Waals surface area contributed by atoms with Gasteiger partial charge >= 0.3 is 0 Å². The number of rotatable bonds is 4. The Morgan fingerprint density at radius 3 is 2.67 bits per heavy atom. The zero-order chi connectivity index (χ0) is 11.3. The molecule has 1 amide bonds. The largest absolute Gasteiger partial charge is 0.497 e. The van der Waals surface area contributed by atoms with Gasteiger partial charge in [0.05, 0.1) is 14.2 Å². The smallest absolute Gasteiger partial charge is 0.275 e. The Kier molecular flexibility index (Phi) is 4.12. The van der Waals surface area contributed by atoms with Gasteiger partial charge in [-0.05, 0) is 24.1 Å². The first-order valence-electron chi connectivity index (χ1n) is 4.73. The molecule has 0 atom stereocenters. The van der Waals surface area contributed by atoms with Gasteiger partial charge in [-0.2, -0.15) is 0 Å². The molecule has 1 aromatic rings. The number of ether oxygens (including phenoxy) is 1. The highest BCUT2D eigenvalue weighted by Gasteiger charge is 2.11. The second kappa shape index (κ2) is 5.36. The number of aryl methyl sites for hydroxylation is 1. The third kappa shape index (κ3) is 2.70. The van der Waals surface area contributed by atoms with Gasteiger partial charge in [0, 0.05) is 5.56 Å². The highest BCUT2D eigenvalue weighted by Crippen LogP contribution is 2.18. The van der Waals surface area contributed by atoms with Crippen LogP contribution in [-0.4, -0.2) is 20.1 Å². The highest BCUT2D eigenvalue weighted by molar-refractivity contribution is 5.95. The molecule has 0 unspecified atom stereocenters. The van der Waals surface area contributed by atoms with Crippen molar-refractivity contribution in [3.05, 3.63) is 29.3 Å². The van der Waals surface area contributed by atoms with Gasteiger partial charge in [0.2, 0.25) is 0 Å². The summed E-state index contributed by atoms with van der Waals surface area (Å²) in [5, 5.41) is 0. The van der Waals surface area contributed by atoms with Crippen LogP contribution in [0.1, 0.15) is 22.8 Å². The van der Waals surface area contributed by atoms with E-state index in [1.54, 1.807) is 13.2 Å². The fraction of sp³-hybridized carbons (Fsp3) is 0.364. The van der Waals surface area contributed by atoms with Crippen molar-refractivity contribution in [2.45, 2.75) is 13.3 Å². The molecular formula is C11H15NO3. The fourth-order valence-electron chi connectivity index (χ4n) is 1.35. The van der Waals surface area contributed by atoms with E-state index in [0.717, 1.165) is 12.0 Å². The van der Waals surface area contributed by atoms with Crippen molar-refractivity contribution in [2.75, 3.05) is 14.2 Å². The van der Waals surface area contributed by atoms with Crippen LogP contribution in [0.15, 0.2) is 18.2 Å². The van der Waals surface area contributed by atoms with Crippen molar-refractivity contribution in [3.8, 4) is 5.75 Å². The minimum absolute atomic E-state index is 0.256. The fourth-order valence-corrected chi connectivity index (χ4v) is 1.35. The van der Waals surface area contributed by atoms with Crippen LogP contribution in [0.25, 0.3) is 0 Å². The van der Waals surface area contributed by atoms with Crippen LogP contribution in [0.3, 0.4) is 0 Å². The quantitative estimate of drug-likeness (QED) is 0.765. The van der Waals surface area contributed by atoms with Crippen LogP contribution in [0.5, 0.6) is 5.75 Å². The first kappa shape index (κ1) is 11.5. The number of carbonyl (C=O) groups excluding carboxylic acids is 1. The van der Waals surface area contributed by atoms with Crippen molar-refractivity contribution < 1.29 is 14.4 Å². The van der Waals surface area contributed by atoms with Crippen LogP contribution < -0.4 is 10.2 Å². The molecule has 0 heterocycles. The Bertz CT molecular complexity index is 350. The van der Waals surface area contributed by atoms with Gasteiger partial charge in [-0.1, -0.05) is 13.0 Å². The third-order valence-electron chi connectivity index (χ3n) is 2.14. The van der Waals surface area contributed by atoms with E-state index in [4.69, 9.17) is 4.74 Å². The van der Waals surface area contributed by atoms with Crippen molar-refractivity contribution in [2.24, 2.45) is 0 Å². The normalized spacial score (nSPS) is 9.80. The predicted molar refractivity (Wildman–Crippen MR) is 56.8 cm³/mol. The molecule has 1 rings (SSSR count). The van der Waals surface area contributed by atoms with E-state index in [1.807, 2.05) is 19.1 Å². The summed E-state index contributed by atoms with van der Waals surface area (Å²) in [5.41, 5.74) is 3.84. The Balaban J connectivity index is 3.05. The minimum Gasteiger partial charge on any atom is -0.497 e. The summed E-state index contributed by atoms with van der Waals surface area (Å²) in [6.45, 7) is 1.99. The number of hydrogen-bond acceptors (Lipinski definition) is 3. The highest BCUT2D eigenvalue weighted by atomic mass is 16.6. The van der Waals surface area contributed by atoms with E-state index in [9.17, 15) is 4.79 Å². The molecule has 0 radical (unpaired) electrons. The maximum atomic E-state index is 11.6. The molecular weight excluding hydrogens is 194 g/mol. The van der Waals surface area contributed by atoms with E-state index < -0.39 is 0 Å². The first-order valence-corrected chi connectivity index (χ1v) is 4.73. The number of benzene rings is 1. The van der Waals surface area contributed by atoms with Crippen molar-refractivity contribution >= 4 is 5.91 Å². The molecule has 1 aromatic carbocycles. The molecule has 1 N–H and O–H groups in total. The lowest BCUT2D eigenvalue weighted by Gasteiger charge is -2.09. The number of hydrogen-bond donors (Lipinski definition) is 1. The van der Waals surface area contributed by atoms with Crippen LogP contribution in [0, 0.1) is 0 Å². The topological polar surface area (TPSA) is 47.6 Å². The SMILES string of the molecule is CCc1ccc(OC)cc1C(=O)NOC. The van der Waals surface area contributed by atoms with Gasteiger partial charge in [-0.15, -0.1) is 0 Å². The van der Waals surface area contributed by atoms with Crippen molar-refractivity contribution in [3.63, 3.8) is 0 Å². The Hall–Kier alpha value is -1.55. The monoisotopic (exact) mass is 209 g/mol. The van der Waals surface area contributed by atoms with Crippen LogP contribution in [-0.2, 0) is 11.3 Å². The van der Waals surface area contributed by atoms with Crippen LogP contribution in [0.4, 0.5) is 0 Å². The lowest BCUT2D eigenvalue weighted by Crippen LogP contribution is -2.23. The van der Waals surface area contributed by atoms with Gasteiger partial charge in [-0.25, -0.2) is 5.48 Å². The van der Waals surface area contributed by atoms with E-state index in [-0.39, 0.29) is 5.91 Å². The second-order valence-electron chi connectivity index (χ2n) is 3.01. The van der Waals surface area contributed by atoms with Gasteiger partial charge in [-0.3, -0.25) is 9.63 Å². The molecule has 82 valence electrons. The average molecular weight is 209 g/mol. The Labute approximate surface area is 89.1 Å². The van der Waals surface area contributed by atoms with Gasteiger partial charge < -0.3 is 4.74 Å². The lowest BCUT2D eigenvalue weighted by atomic mass is 10.0. The number of methoxy groups -OCH3 is 1. The molecule has 4 heteroatoms. The maximum absolute atomic E-state index is 11.6. The summed E-state index contributed by atoms with van der Waals surface area (Å²) in [5.74, 6) is 0.404. The lowest BCUT2D eigenvalue weighted by molar-refractivity contribution is 0.0536. The summed E-state index contributed by atoms with van der Waals surface area (Å²) >= 11 is 0.